The number of aromatic nitrogens is 2. The fourth-order valence-electron chi connectivity index (χ4n) is 1.57. The molecule has 1 unspecified atom stereocenters. The van der Waals surface area contributed by atoms with Gasteiger partial charge in [-0.3, -0.25) is 0 Å². The normalized spacial score (nSPS) is 22.2. The predicted octanol–water partition coefficient (Wildman–Crippen LogP) is 0.316. The molecule has 1 aromatic rings. The maximum Gasteiger partial charge on any atom is 0.130 e. The second kappa shape index (κ2) is 4.48. The van der Waals surface area contributed by atoms with E-state index in [4.69, 9.17) is 4.74 Å². The summed E-state index contributed by atoms with van der Waals surface area (Å²) in [5.41, 5.74) is 1.02. The molecule has 1 atom stereocenters. The van der Waals surface area contributed by atoms with Gasteiger partial charge in [0.05, 0.1) is 13.2 Å². The van der Waals surface area contributed by atoms with E-state index in [1.807, 2.05) is 13.0 Å². The molecule has 14 heavy (non-hydrogen) atoms. The summed E-state index contributed by atoms with van der Waals surface area (Å²) in [6.07, 6.45) is 2.66. The van der Waals surface area contributed by atoms with Gasteiger partial charge in [0.25, 0.3) is 0 Å². The number of nitrogens with one attached hydrogen (secondary N) is 1. The van der Waals surface area contributed by atoms with Crippen molar-refractivity contribution >= 4 is 0 Å². The van der Waals surface area contributed by atoms with Gasteiger partial charge in [-0.25, -0.2) is 9.97 Å². The molecule has 0 spiro atoms. The van der Waals surface area contributed by atoms with Crippen LogP contribution in [0.4, 0.5) is 0 Å². The number of nitrogens with zero attached hydrogens (tertiary/aromatic N) is 2. The number of ether oxygens (including phenoxy) is 1. The van der Waals surface area contributed by atoms with Gasteiger partial charge >= 0.3 is 0 Å². The Morgan fingerprint density at radius 2 is 2.57 bits per heavy atom. The Bertz CT molecular complexity index is 297. The van der Waals surface area contributed by atoms with Crippen molar-refractivity contribution in [2.75, 3.05) is 19.8 Å². The molecule has 0 radical (unpaired) electrons. The van der Waals surface area contributed by atoms with Crippen molar-refractivity contribution in [3.05, 3.63) is 23.8 Å². The monoisotopic (exact) mass is 193 g/mol. The van der Waals surface area contributed by atoms with Gasteiger partial charge < -0.3 is 10.1 Å². The van der Waals surface area contributed by atoms with Crippen LogP contribution in [-0.2, 0) is 11.2 Å². The Balaban J connectivity index is 1.95. The van der Waals surface area contributed by atoms with Crippen molar-refractivity contribution < 1.29 is 4.74 Å². The van der Waals surface area contributed by atoms with E-state index < -0.39 is 0 Å². The van der Waals surface area contributed by atoms with Crippen molar-refractivity contribution in [2.24, 2.45) is 0 Å². The summed E-state index contributed by atoms with van der Waals surface area (Å²) < 4.78 is 5.37. The van der Waals surface area contributed by atoms with E-state index in [0.29, 0.717) is 6.04 Å². The van der Waals surface area contributed by atoms with Gasteiger partial charge in [0.15, 0.2) is 0 Å². The zero-order valence-corrected chi connectivity index (χ0v) is 8.36. The lowest BCUT2D eigenvalue weighted by atomic mass is 10.2. The Labute approximate surface area is 83.7 Å². The molecular weight excluding hydrogens is 178 g/mol. The highest BCUT2D eigenvalue weighted by Gasteiger charge is 2.14. The largest absolute Gasteiger partial charge is 0.379 e. The minimum absolute atomic E-state index is 0.366. The van der Waals surface area contributed by atoms with E-state index in [0.717, 1.165) is 37.7 Å². The summed E-state index contributed by atoms with van der Waals surface area (Å²) in [7, 11) is 0. The smallest absolute Gasteiger partial charge is 0.130 e. The summed E-state index contributed by atoms with van der Waals surface area (Å²) in [5, 5.41) is 3.38. The summed E-state index contributed by atoms with van der Waals surface area (Å²) in [6, 6.07) is 2.28. The summed E-state index contributed by atoms with van der Waals surface area (Å²) in [5.74, 6) is 0.896. The Morgan fingerprint density at radius 1 is 1.64 bits per heavy atom. The van der Waals surface area contributed by atoms with E-state index in [1.165, 1.54) is 0 Å². The molecule has 2 rings (SSSR count). The van der Waals surface area contributed by atoms with Crippen LogP contribution >= 0.6 is 0 Å². The quantitative estimate of drug-likeness (QED) is 0.734. The molecule has 1 N–H and O–H groups in total. The predicted molar refractivity (Wildman–Crippen MR) is 53.1 cm³/mol. The summed E-state index contributed by atoms with van der Waals surface area (Å²) in [6.45, 7) is 4.48. The molecule has 1 fully saturated rings. The number of hydrogen-bond donors (Lipinski definition) is 1. The lowest BCUT2D eigenvalue weighted by Gasteiger charge is -2.23. The third-order valence-electron chi connectivity index (χ3n) is 2.27. The third kappa shape index (κ3) is 2.49. The van der Waals surface area contributed by atoms with Crippen molar-refractivity contribution in [3.8, 4) is 0 Å². The van der Waals surface area contributed by atoms with Gasteiger partial charge in [-0.15, -0.1) is 0 Å². The summed E-state index contributed by atoms with van der Waals surface area (Å²) >= 11 is 0. The van der Waals surface area contributed by atoms with Gasteiger partial charge in [0.2, 0.25) is 0 Å². The lowest BCUT2D eigenvalue weighted by Crippen LogP contribution is -2.42. The maximum atomic E-state index is 5.37. The fourth-order valence-corrected chi connectivity index (χ4v) is 1.57. The summed E-state index contributed by atoms with van der Waals surface area (Å²) in [4.78, 5) is 8.59. The van der Waals surface area contributed by atoms with Crippen molar-refractivity contribution in [1.82, 2.24) is 15.3 Å². The first kappa shape index (κ1) is 9.55. The molecule has 1 aromatic heterocycles. The Hall–Kier alpha value is -1.00. The van der Waals surface area contributed by atoms with Crippen LogP contribution in [0.2, 0.25) is 0 Å². The average molecular weight is 193 g/mol. The molecule has 2 heterocycles. The Morgan fingerprint density at radius 3 is 3.29 bits per heavy atom. The second-order valence-corrected chi connectivity index (χ2v) is 3.54. The molecule has 0 saturated carbocycles. The molecule has 0 bridgehead atoms. The number of rotatable bonds is 2. The first-order chi connectivity index (χ1) is 6.84. The minimum Gasteiger partial charge on any atom is -0.379 e. The van der Waals surface area contributed by atoms with E-state index >= 15 is 0 Å². The SMILES string of the molecule is Cc1ccnc(CC2COCCN2)n1. The molecule has 1 aliphatic heterocycles. The third-order valence-corrected chi connectivity index (χ3v) is 2.27. The van der Waals surface area contributed by atoms with E-state index in [-0.39, 0.29) is 0 Å². The molecule has 1 aliphatic rings. The zero-order chi connectivity index (χ0) is 9.80. The van der Waals surface area contributed by atoms with Crippen molar-refractivity contribution in [3.63, 3.8) is 0 Å². The highest BCUT2D eigenvalue weighted by Crippen LogP contribution is 2.01. The van der Waals surface area contributed by atoms with Crippen LogP contribution in [-0.4, -0.2) is 35.8 Å². The van der Waals surface area contributed by atoms with Crippen LogP contribution in [0.1, 0.15) is 11.5 Å². The van der Waals surface area contributed by atoms with E-state index in [1.54, 1.807) is 6.20 Å². The number of hydrogen-bond acceptors (Lipinski definition) is 4. The first-order valence-electron chi connectivity index (χ1n) is 4.94. The molecule has 0 aromatic carbocycles. The van der Waals surface area contributed by atoms with Crippen molar-refractivity contribution in [2.45, 2.75) is 19.4 Å². The fraction of sp³-hybridized carbons (Fsp3) is 0.600. The molecular formula is C10H15N3O. The van der Waals surface area contributed by atoms with Gasteiger partial charge in [0, 0.05) is 30.9 Å². The highest BCUT2D eigenvalue weighted by atomic mass is 16.5. The second-order valence-electron chi connectivity index (χ2n) is 3.54. The lowest BCUT2D eigenvalue weighted by molar-refractivity contribution is 0.0764. The topological polar surface area (TPSA) is 47.0 Å². The van der Waals surface area contributed by atoms with Gasteiger partial charge in [-0.1, -0.05) is 0 Å². The first-order valence-corrected chi connectivity index (χ1v) is 4.94. The average Bonchev–Trinajstić information content (AvgIpc) is 2.19. The van der Waals surface area contributed by atoms with Crippen molar-refractivity contribution in [1.29, 1.82) is 0 Å². The maximum absolute atomic E-state index is 5.37. The zero-order valence-electron chi connectivity index (χ0n) is 8.36. The molecule has 0 amide bonds. The van der Waals surface area contributed by atoms with Gasteiger partial charge in [0.1, 0.15) is 5.82 Å². The molecule has 4 heteroatoms. The molecule has 76 valence electrons. The van der Waals surface area contributed by atoms with Gasteiger partial charge in [-0.05, 0) is 13.0 Å². The van der Waals surface area contributed by atoms with Crippen LogP contribution in [0.25, 0.3) is 0 Å². The van der Waals surface area contributed by atoms with Crippen LogP contribution < -0.4 is 5.32 Å². The minimum atomic E-state index is 0.366. The number of aryl methyl sites for hydroxylation is 1. The standard InChI is InChI=1S/C10H15N3O/c1-8-2-3-12-10(13-8)6-9-7-14-5-4-11-9/h2-3,9,11H,4-7H2,1H3. The van der Waals surface area contributed by atoms with Gasteiger partial charge in [-0.2, -0.15) is 0 Å². The van der Waals surface area contributed by atoms with Crippen LogP contribution in [0.5, 0.6) is 0 Å². The number of morpholine rings is 1. The molecule has 0 aliphatic carbocycles. The van der Waals surface area contributed by atoms with Crippen LogP contribution in [0.3, 0.4) is 0 Å². The van der Waals surface area contributed by atoms with Crippen LogP contribution in [0, 0.1) is 6.92 Å². The molecule has 4 nitrogen and oxygen atoms in total. The highest BCUT2D eigenvalue weighted by molar-refractivity contribution is 5.01. The van der Waals surface area contributed by atoms with E-state index in [2.05, 4.69) is 15.3 Å². The van der Waals surface area contributed by atoms with Crippen LogP contribution in [0.15, 0.2) is 12.3 Å². The Kier molecular flexibility index (Phi) is 3.06. The molecule has 1 saturated heterocycles. The van der Waals surface area contributed by atoms with E-state index in [9.17, 15) is 0 Å².